The van der Waals surface area contributed by atoms with Crippen LogP contribution in [0.1, 0.15) is 5.69 Å². The van der Waals surface area contributed by atoms with Crippen LogP contribution in [0.5, 0.6) is 0 Å². The molecule has 2 heterocycles. The Labute approximate surface area is 128 Å². The largest absolute Gasteiger partial charge is 0.297 e. The fourth-order valence-electron chi connectivity index (χ4n) is 1.73. The van der Waals surface area contributed by atoms with Gasteiger partial charge in [-0.25, -0.2) is 18.1 Å². The third-order valence-electron chi connectivity index (χ3n) is 2.71. The zero-order chi connectivity index (χ0) is 14.2. The van der Waals surface area contributed by atoms with Crippen molar-refractivity contribution in [3.8, 4) is 0 Å². The van der Waals surface area contributed by atoms with Crippen LogP contribution in [0, 0.1) is 0 Å². The fraction of sp³-hybridized carbons (Fsp3) is 0.0833. The van der Waals surface area contributed by atoms with Gasteiger partial charge in [0.25, 0.3) is 0 Å². The lowest BCUT2D eigenvalue weighted by Gasteiger charge is -2.05. The van der Waals surface area contributed by atoms with Crippen molar-refractivity contribution in [3.05, 3.63) is 52.2 Å². The van der Waals surface area contributed by atoms with Gasteiger partial charge in [0.2, 0.25) is 10.0 Å². The van der Waals surface area contributed by atoms with Gasteiger partial charge in [-0.15, -0.1) is 11.3 Å². The molecule has 20 heavy (non-hydrogen) atoms. The molecule has 0 fully saturated rings. The maximum absolute atomic E-state index is 12.1. The third-order valence-corrected chi connectivity index (χ3v) is 5.43. The maximum atomic E-state index is 12.1. The number of aromatic nitrogens is 2. The minimum atomic E-state index is -3.51. The molecule has 0 saturated heterocycles. The van der Waals surface area contributed by atoms with E-state index in [9.17, 15) is 8.42 Å². The second kappa shape index (κ2) is 5.28. The number of thiazole rings is 1. The van der Waals surface area contributed by atoms with Crippen molar-refractivity contribution < 1.29 is 8.42 Å². The number of benzene rings is 1. The van der Waals surface area contributed by atoms with Crippen molar-refractivity contribution in [2.24, 2.45) is 0 Å². The molecule has 0 saturated carbocycles. The Kier molecular flexibility index (Phi) is 3.63. The van der Waals surface area contributed by atoms with Crippen LogP contribution >= 0.6 is 27.3 Å². The van der Waals surface area contributed by atoms with Crippen LogP contribution in [0.25, 0.3) is 4.96 Å². The highest BCUT2D eigenvalue weighted by atomic mass is 79.9. The van der Waals surface area contributed by atoms with E-state index in [0.29, 0.717) is 5.69 Å². The number of nitrogens with one attached hydrogen (secondary N) is 1. The molecule has 0 spiro atoms. The normalized spacial score (nSPS) is 12.1. The molecule has 0 amide bonds. The number of fused-ring (bicyclic) bond motifs is 1. The van der Waals surface area contributed by atoms with Gasteiger partial charge in [-0.05, 0) is 24.3 Å². The quantitative estimate of drug-likeness (QED) is 0.766. The SMILES string of the molecule is O=S(=O)(NCc1cn2ccsc2n1)c1ccc(Br)cc1. The van der Waals surface area contributed by atoms with Crippen LogP contribution in [0.15, 0.2) is 51.4 Å². The lowest BCUT2D eigenvalue weighted by Crippen LogP contribution is -2.23. The van der Waals surface area contributed by atoms with Gasteiger partial charge in [0, 0.05) is 22.2 Å². The molecular weight excluding hydrogens is 362 g/mol. The van der Waals surface area contributed by atoms with Gasteiger partial charge in [0.15, 0.2) is 4.96 Å². The van der Waals surface area contributed by atoms with E-state index < -0.39 is 10.0 Å². The summed E-state index contributed by atoms with van der Waals surface area (Å²) in [5.41, 5.74) is 0.692. The Balaban J connectivity index is 1.76. The summed E-state index contributed by atoms with van der Waals surface area (Å²) in [4.78, 5) is 5.42. The topological polar surface area (TPSA) is 63.5 Å². The number of imidazole rings is 1. The first-order valence-electron chi connectivity index (χ1n) is 5.71. The van der Waals surface area contributed by atoms with E-state index >= 15 is 0 Å². The number of nitrogens with zero attached hydrogens (tertiary/aromatic N) is 2. The summed E-state index contributed by atoms with van der Waals surface area (Å²) in [7, 11) is -3.51. The van der Waals surface area contributed by atoms with Crippen molar-refractivity contribution >= 4 is 42.3 Å². The molecule has 0 aliphatic rings. The molecule has 1 aromatic carbocycles. The van der Waals surface area contributed by atoms with E-state index in [2.05, 4.69) is 25.6 Å². The molecular formula is C12H10BrN3O2S2. The van der Waals surface area contributed by atoms with Crippen molar-refractivity contribution in [1.29, 1.82) is 0 Å². The molecule has 1 N–H and O–H groups in total. The van der Waals surface area contributed by atoms with Crippen molar-refractivity contribution in [2.75, 3.05) is 0 Å². The monoisotopic (exact) mass is 371 g/mol. The first-order chi connectivity index (χ1) is 9.54. The molecule has 0 aliphatic heterocycles. The summed E-state index contributed by atoms with van der Waals surface area (Å²) in [5.74, 6) is 0. The Hall–Kier alpha value is -1.22. The Morgan fingerprint density at radius 2 is 2.05 bits per heavy atom. The van der Waals surface area contributed by atoms with Crippen molar-refractivity contribution in [2.45, 2.75) is 11.4 Å². The van der Waals surface area contributed by atoms with Crippen LogP contribution in [0.2, 0.25) is 0 Å². The molecule has 3 rings (SSSR count). The van der Waals surface area contributed by atoms with Crippen LogP contribution in [-0.4, -0.2) is 17.8 Å². The van der Waals surface area contributed by atoms with Gasteiger partial charge >= 0.3 is 0 Å². The van der Waals surface area contributed by atoms with Gasteiger partial charge < -0.3 is 0 Å². The van der Waals surface area contributed by atoms with E-state index in [4.69, 9.17) is 0 Å². The second-order valence-corrected chi connectivity index (χ2v) is 7.66. The minimum Gasteiger partial charge on any atom is -0.297 e. The van der Waals surface area contributed by atoms with Gasteiger partial charge in [-0.3, -0.25) is 4.40 Å². The van der Waals surface area contributed by atoms with E-state index in [0.717, 1.165) is 9.43 Å². The summed E-state index contributed by atoms with van der Waals surface area (Å²) in [6.45, 7) is 0.173. The van der Waals surface area contributed by atoms with Gasteiger partial charge in [-0.1, -0.05) is 15.9 Å². The average molecular weight is 372 g/mol. The molecule has 3 aromatic rings. The van der Waals surface area contributed by atoms with E-state index in [1.54, 1.807) is 24.3 Å². The number of hydrogen-bond donors (Lipinski definition) is 1. The Bertz CT molecular complexity index is 809. The summed E-state index contributed by atoms with van der Waals surface area (Å²) in [5, 5.41) is 1.93. The molecule has 0 aliphatic carbocycles. The summed E-state index contributed by atoms with van der Waals surface area (Å²) in [6.07, 6.45) is 3.70. The lowest BCUT2D eigenvalue weighted by molar-refractivity contribution is 0.580. The fourth-order valence-corrected chi connectivity index (χ4v) is 3.71. The highest BCUT2D eigenvalue weighted by Crippen LogP contribution is 2.15. The molecule has 0 atom stereocenters. The predicted octanol–water partition coefficient (Wildman–Crippen LogP) is 2.64. The zero-order valence-corrected chi connectivity index (χ0v) is 13.4. The van der Waals surface area contributed by atoms with Crippen LogP contribution in [0.4, 0.5) is 0 Å². The number of sulfonamides is 1. The molecule has 5 nitrogen and oxygen atoms in total. The second-order valence-electron chi connectivity index (χ2n) is 4.10. The molecule has 8 heteroatoms. The highest BCUT2D eigenvalue weighted by molar-refractivity contribution is 9.10. The maximum Gasteiger partial charge on any atom is 0.240 e. The minimum absolute atomic E-state index is 0.173. The summed E-state index contributed by atoms with van der Waals surface area (Å²) >= 11 is 4.79. The number of halogens is 1. The smallest absolute Gasteiger partial charge is 0.240 e. The lowest BCUT2D eigenvalue weighted by atomic mass is 10.4. The van der Waals surface area contributed by atoms with Crippen LogP contribution < -0.4 is 4.72 Å². The standard InChI is InChI=1S/C12H10BrN3O2S2/c13-9-1-3-11(4-2-9)20(17,18)14-7-10-8-16-5-6-19-12(16)15-10/h1-6,8,14H,7H2. The summed E-state index contributed by atoms with van der Waals surface area (Å²) < 4.78 is 29.5. The molecule has 0 bridgehead atoms. The molecule has 0 radical (unpaired) electrons. The van der Waals surface area contributed by atoms with E-state index in [-0.39, 0.29) is 11.4 Å². The van der Waals surface area contributed by atoms with E-state index in [1.807, 2.05) is 22.2 Å². The van der Waals surface area contributed by atoms with Gasteiger partial charge in [-0.2, -0.15) is 0 Å². The van der Waals surface area contributed by atoms with Crippen LogP contribution in [0.3, 0.4) is 0 Å². The molecule has 0 unspecified atom stereocenters. The van der Waals surface area contributed by atoms with Crippen LogP contribution in [-0.2, 0) is 16.6 Å². The number of rotatable bonds is 4. The highest BCUT2D eigenvalue weighted by Gasteiger charge is 2.14. The first-order valence-corrected chi connectivity index (χ1v) is 8.86. The summed E-state index contributed by atoms with van der Waals surface area (Å²) in [6, 6.07) is 6.50. The Morgan fingerprint density at radius 3 is 2.75 bits per heavy atom. The third kappa shape index (κ3) is 2.78. The number of hydrogen-bond acceptors (Lipinski definition) is 4. The van der Waals surface area contributed by atoms with E-state index in [1.165, 1.54) is 11.3 Å². The molecule has 2 aromatic heterocycles. The van der Waals surface area contributed by atoms with Crippen molar-refractivity contribution in [1.82, 2.24) is 14.1 Å². The first kappa shape index (κ1) is 13.7. The zero-order valence-electron chi connectivity index (χ0n) is 10.2. The average Bonchev–Trinajstić information content (AvgIpc) is 2.97. The molecule has 104 valence electrons. The van der Waals surface area contributed by atoms with Crippen molar-refractivity contribution in [3.63, 3.8) is 0 Å². The van der Waals surface area contributed by atoms with Gasteiger partial charge in [0.05, 0.1) is 17.1 Å². The van der Waals surface area contributed by atoms with Gasteiger partial charge in [0.1, 0.15) is 0 Å². The predicted molar refractivity (Wildman–Crippen MR) is 81.2 cm³/mol. The Morgan fingerprint density at radius 1 is 1.30 bits per heavy atom.